The number of carbonyl (C=O) groups is 1. The fourth-order valence-electron chi connectivity index (χ4n) is 3.59. The van der Waals surface area contributed by atoms with Crippen LogP contribution in [0.3, 0.4) is 0 Å². The number of fused-ring (bicyclic) bond motifs is 1. The van der Waals surface area contributed by atoms with E-state index in [1.54, 1.807) is 17.5 Å². The topological polar surface area (TPSA) is 65.8 Å². The van der Waals surface area contributed by atoms with Crippen molar-refractivity contribution in [1.29, 1.82) is 5.26 Å². The number of rotatable bonds is 3. The van der Waals surface area contributed by atoms with E-state index < -0.39 is 5.41 Å². The standard InChI is InChI=1S/C19H15N3OS2/c1-19(17(23)22-18-21-6-8-25-18)10-13-5-4-12(11-20)9-14(13)16(19)15-3-2-7-24-15/h2-9,16H,10H2,1H3,(H,21,22,23). The van der Waals surface area contributed by atoms with Crippen molar-refractivity contribution in [3.05, 3.63) is 68.9 Å². The van der Waals surface area contributed by atoms with Crippen molar-refractivity contribution in [1.82, 2.24) is 4.98 Å². The normalized spacial score (nSPS) is 21.5. The number of thiazole rings is 1. The van der Waals surface area contributed by atoms with Gasteiger partial charge in [-0.2, -0.15) is 5.26 Å². The molecule has 4 rings (SSSR count). The van der Waals surface area contributed by atoms with E-state index in [-0.39, 0.29) is 11.8 Å². The molecule has 2 unspecified atom stereocenters. The Hall–Kier alpha value is -2.49. The maximum atomic E-state index is 13.2. The third-order valence-corrected chi connectivity index (χ3v) is 6.41. The van der Waals surface area contributed by atoms with E-state index in [1.165, 1.54) is 11.3 Å². The maximum absolute atomic E-state index is 13.2. The van der Waals surface area contributed by atoms with Gasteiger partial charge in [-0.25, -0.2) is 4.98 Å². The van der Waals surface area contributed by atoms with Crippen LogP contribution in [0.1, 0.15) is 34.4 Å². The first kappa shape index (κ1) is 16.0. The summed E-state index contributed by atoms with van der Waals surface area (Å²) in [5.41, 5.74) is 2.23. The molecule has 25 heavy (non-hydrogen) atoms. The van der Waals surface area contributed by atoms with Gasteiger partial charge in [0, 0.05) is 22.4 Å². The average Bonchev–Trinajstić information content (AvgIpc) is 3.33. The molecule has 0 bridgehead atoms. The van der Waals surface area contributed by atoms with Gasteiger partial charge in [0.25, 0.3) is 0 Å². The van der Waals surface area contributed by atoms with E-state index in [4.69, 9.17) is 0 Å². The second-order valence-electron chi connectivity index (χ2n) is 6.36. The summed E-state index contributed by atoms with van der Waals surface area (Å²) in [6, 6.07) is 12.0. The zero-order valence-electron chi connectivity index (χ0n) is 13.5. The van der Waals surface area contributed by atoms with Gasteiger partial charge in [0.2, 0.25) is 5.91 Å². The van der Waals surface area contributed by atoms with Crippen LogP contribution in [0.15, 0.2) is 47.3 Å². The molecule has 1 amide bonds. The number of nitrogens with zero attached hydrogens (tertiary/aromatic N) is 2. The van der Waals surface area contributed by atoms with Crippen molar-refractivity contribution in [2.24, 2.45) is 5.41 Å². The molecule has 0 saturated heterocycles. The Kier molecular flexibility index (Phi) is 3.91. The molecule has 4 nitrogen and oxygen atoms in total. The van der Waals surface area contributed by atoms with Crippen molar-refractivity contribution in [3.63, 3.8) is 0 Å². The van der Waals surface area contributed by atoms with Gasteiger partial charge < -0.3 is 5.32 Å². The number of hydrogen-bond donors (Lipinski definition) is 1. The fourth-order valence-corrected chi connectivity index (χ4v) is 5.11. The van der Waals surface area contributed by atoms with Crippen LogP contribution in [0.25, 0.3) is 0 Å². The second kappa shape index (κ2) is 6.10. The van der Waals surface area contributed by atoms with E-state index >= 15 is 0 Å². The Morgan fingerprint density at radius 2 is 2.24 bits per heavy atom. The lowest BCUT2D eigenvalue weighted by Crippen LogP contribution is -2.37. The molecule has 2 heterocycles. The van der Waals surface area contributed by atoms with Gasteiger partial charge in [0.05, 0.1) is 17.0 Å². The predicted octanol–water partition coefficient (Wildman–Crippen LogP) is 4.41. The lowest BCUT2D eigenvalue weighted by atomic mass is 9.76. The van der Waals surface area contributed by atoms with Crippen LogP contribution in [0, 0.1) is 16.7 Å². The largest absolute Gasteiger partial charge is 0.301 e. The molecule has 2 atom stereocenters. The van der Waals surface area contributed by atoms with Gasteiger partial charge in [0.15, 0.2) is 5.13 Å². The highest BCUT2D eigenvalue weighted by Crippen LogP contribution is 2.52. The summed E-state index contributed by atoms with van der Waals surface area (Å²) >= 11 is 3.06. The number of thiophene rings is 1. The van der Waals surface area contributed by atoms with Crippen LogP contribution < -0.4 is 5.32 Å². The van der Waals surface area contributed by atoms with Gasteiger partial charge in [-0.15, -0.1) is 22.7 Å². The summed E-state index contributed by atoms with van der Waals surface area (Å²) in [6.07, 6.45) is 2.33. The Morgan fingerprint density at radius 3 is 2.92 bits per heavy atom. The highest BCUT2D eigenvalue weighted by molar-refractivity contribution is 7.13. The first-order chi connectivity index (χ1) is 12.1. The number of nitrogens with one attached hydrogen (secondary N) is 1. The monoisotopic (exact) mass is 365 g/mol. The van der Waals surface area contributed by atoms with Crippen molar-refractivity contribution in [3.8, 4) is 6.07 Å². The van der Waals surface area contributed by atoms with E-state index in [9.17, 15) is 10.1 Å². The van der Waals surface area contributed by atoms with Crippen LogP contribution in [0.2, 0.25) is 0 Å². The average molecular weight is 365 g/mol. The highest BCUT2D eigenvalue weighted by atomic mass is 32.1. The highest BCUT2D eigenvalue weighted by Gasteiger charge is 2.49. The van der Waals surface area contributed by atoms with E-state index in [0.717, 1.165) is 16.0 Å². The van der Waals surface area contributed by atoms with Gasteiger partial charge in [-0.1, -0.05) is 12.1 Å². The van der Waals surface area contributed by atoms with Crippen molar-refractivity contribution in [2.75, 3.05) is 5.32 Å². The third kappa shape index (κ3) is 2.66. The molecule has 0 radical (unpaired) electrons. The number of carbonyl (C=O) groups excluding carboxylic acids is 1. The molecule has 0 saturated carbocycles. The SMILES string of the molecule is CC1(C(=O)Nc2nccs2)Cc2ccc(C#N)cc2C1c1cccs1. The minimum Gasteiger partial charge on any atom is -0.301 e. The van der Waals surface area contributed by atoms with Crippen LogP contribution in [0.5, 0.6) is 0 Å². The number of hydrogen-bond acceptors (Lipinski definition) is 5. The van der Waals surface area contributed by atoms with E-state index in [1.807, 2.05) is 41.9 Å². The molecule has 1 N–H and O–H groups in total. The number of aromatic nitrogens is 1. The molecule has 124 valence electrons. The van der Waals surface area contributed by atoms with E-state index in [2.05, 4.69) is 22.4 Å². The van der Waals surface area contributed by atoms with Crippen LogP contribution in [-0.2, 0) is 11.2 Å². The van der Waals surface area contributed by atoms with Crippen LogP contribution in [0.4, 0.5) is 5.13 Å². The minimum absolute atomic E-state index is 0.0319. The second-order valence-corrected chi connectivity index (χ2v) is 8.23. The number of amides is 1. The fraction of sp³-hybridized carbons (Fsp3) is 0.211. The van der Waals surface area contributed by atoms with Gasteiger partial charge >= 0.3 is 0 Å². The van der Waals surface area contributed by atoms with Crippen molar-refractivity contribution < 1.29 is 4.79 Å². The van der Waals surface area contributed by atoms with Crippen LogP contribution >= 0.6 is 22.7 Å². The summed E-state index contributed by atoms with van der Waals surface area (Å²) in [5.74, 6) is -0.0914. The zero-order chi connectivity index (χ0) is 17.4. The molecule has 1 aliphatic carbocycles. The lowest BCUT2D eigenvalue weighted by Gasteiger charge is -2.29. The minimum atomic E-state index is -0.618. The quantitative estimate of drug-likeness (QED) is 0.748. The number of benzene rings is 1. The maximum Gasteiger partial charge on any atom is 0.233 e. The lowest BCUT2D eigenvalue weighted by molar-refractivity contribution is -0.125. The molecule has 6 heteroatoms. The van der Waals surface area contributed by atoms with Gasteiger partial charge in [-0.05, 0) is 48.1 Å². The molecule has 2 aromatic heterocycles. The smallest absolute Gasteiger partial charge is 0.233 e. The summed E-state index contributed by atoms with van der Waals surface area (Å²) in [6.45, 7) is 2.01. The Balaban J connectivity index is 1.79. The Morgan fingerprint density at radius 1 is 1.36 bits per heavy atom. The van der Waals surface area contributed by atoms with Crippen LogP contribution in [-0.4, -0.2) is 10.9 Å². The molecule has 1 aliphatic rings. The molecular formula is C19H15N3OS2. The zero-order valence-corrected chi connectivity index (χ0v) is 15.2. The van der Waals surface area contributed by atoms with Gasteiger partial charge in [-0.3, -0.25) is 4.79 Å². The van der Waals surface area contributed by atoms with Crippen molar-refractivity contribution >= 4 is 33.7 Å². The molecule has 3 aromatic rings. The molecule has 0 aliphatic heterocycles. The number of anilines is 1. The first-order valence-corrected chi connectivity index (χ1v) is 9.65. The van der Waals surface area contributed by atoms with Gasteiger partial charge in [0.1, 0.15) is 0 Å². The molecule has 0 fully saturated rings. The summed E-state index contributed by atoms with van der Waals surface area (Å²) in [4.78, 5) is 18.5. The summed E-state index contributed by atoms with van der Waals surface area (Å²) in [5, 5.41) is 16.7. The first-order valence-electron chi connectivity index (χ1n) is 7.89. The molecular weight excluding hydrogens is 350 g/mol. The number of nitriles is 1. The molecule has 1 aromatic carbocycles. The van der Waals surface area contributed by atoms with Crippen molar-refractivity contribution in [2.45, 2.75) is 19.3 Å². The third-order valence-electron chi connectivity index (χ3n) is 4.78. The Bertz CT molecular complexity index is 957. The predicted molar refractivity (Wildman–Crippen MR) is 99.9 cm³/mol. The Labute approximate surface area is 153 Å². The summed E-state index contributed by atoms with van der Waals surface area (Å²) in [7, 11) is 0. The molecule has 0 spiro atoms. The van der Waals surface area contributed by atoms with E-state index in [0.29, 0.717) is 17.1 Å². The summed E-state index contributed by atoms with van der Waals surface area (Å²) < 4.78 is 0.